The molecule has 1 aromatic rings. The third kappa shape index (κ3) is 0.881. The number of fused-ring (bicyclic) bond motifs is 3. The molecule has 4 aliphatic heterocycles. The van der Waals surface area contributed by atoms with Crippen LogP contribution in [0.2, 0.25) is 0 Å². The van der Waals surface area contributed by atoms with Crippen molar-refractivity contribution in [2.45, 2.75) is 36.4 Å². The Labute approximate surface area is 111 Å². The number of hydrogen-bond donors (Lipinski definition) is 2. The Morgan fingerprint density at radius 2 is 2.16 bits per heavy atom. The van der Waals surface area contributed by atoms with Crippen molar-refractivity contribution < 1.29 is 9.53 Å². The van der Waals surface area contributed by atoms with E-state index < -0.39 is 0 Å². The minimum absolute atomic E-state index is 0.00338. The number of esters is 1. The van der Waals surface area contributed by atoms with Crippen LogP contribution in [0.1, 0.15) is 24.8 Å². The Morgan fingerprint density at radius 1 is 1.26 bits per heavy atom. The number of carbonyl (C=O) groups is 1. The Morgan fingerprint density at radius 3 is 3.05 bits per heavy atom. The van der Waals surface area contributed by atoms with Crippen LogP contribution in [0.5, 0.6) is 0 Å². The molecule has 1 aliphatic carbocycles. The topological polar surface area (TPSA) is 50.4 Å². The van der Waals surface area contributed by atoms with Gasteiger partial charge in [0, 0.05) is 5.69 Å². The fourth-order valence-corrected chi connectivity index (χ4v) is 5.10. The van der Waals surface area contributed by atoms with Gasteiger partial charge in [-0.2, -0.15) is 0 Å². The Kier molecular flexibility index (Phi) is 1.60. The molecule has 4 heteroatoms. The lowest BCUT2D eigenvalue weighted by Crippen LogP contribution is -2.73. The highest BCUT2D eigenvalue weighted by Crippen LogP contribution is 2.63. The van der Waals surface area contributed by atoms with E-state index in [9.17, 15) is 4.79 Å². The number of para-hydroxylation sites is 1. The van der Waals surface area contributed by atoms with Crippen LogP contribution in [0.3, 0.4) is 0 Å². The molecule has 2 N–H and O–H groups in total. The molecule has 5 aliphatic rings. The molecule has 1 saturated carbocycles. The molecule has 6 rings (SSSR count). The van der Waals surface area contributed by atoms with Crippen molar-refractivity contribution in [2.75, 3.05) is 11.9 Å². The highest BCUT2D eigenvalue weighted by atomic mass is 16.6. The van der Waals surface area contributed by atoms with Crippen molar-refractivity contribution in [1.82, 2.24) is 5.32 Å². The molecule has 1 aromatic carbocycles. The van der Waals surface area contributed by atoms with Crippen LogP contribution in [0.25, 0.3) is 0 Å². The van der Waals surface area contributed by atoms with Crippen molar-refractivity contribution in [3.63, 3.8) is 0 Å². The number of hydrogen-bond acceptors (Lipinski definition) is 4. The summed E-state index contributed by atoms with van der Waals surface area (Å²) in [6, 6.07) is 8.44. The lowest BCUT2D eigenvalue weighted by atomic mass is 9.56. The van der Waals surface area contributed by atoms with Crippen molar-refractivity contribution in [2.24, 2.45) is 5.92 Å². The van der Waals surface area contributed by atoms with Gasteiger partial charge in [0.25, 0.3) is 0 Å². The monoisotopic (exact) mass is 256 g/mol. The summed E-state index contributed by atoms with van der Waals surface area (Å²) in [7, 11) is 0. The molecule has 19 heavy (non-hydrogen) atoms. The van der Waals surface area contributed by atoms with E-state index in [1.54, 1.807) is 0 Å². The summed E-state index contributed by atoms with van der Waals surface area (Å²) in [4.78, 5) is 12.3. The average Bonchev–Trinajstić information content (AvgIpc) is 2.94. The number of benzene rings is 1. The molecule has 4 heterocycles. The van der Waals surface area contributed by atoms with Crippen LogP contribution < -0.4 is 10.6 Å². The molecule has 3 saturated heterocycles. The maximum absolute atomic E-state index is 12.3. The van der Waals surface area contributed by atoms with E-state index in [2.05, 4.69) is 34.9 Å². The molecule has 98 valence electrons. The predicted octanol–water partition coefficient (Wildman–Crippen LogP) is 1.37. The molecule has 4 nitrogen and oxygen atoms in total. The van der Waals surface area contributed by atoms with Crippen molar-refractivity contribution in [3.05, 3.63) is 29.8 Å². The molecular formula is C15H16N2O2. The quantitative estimate of drug-likeness (QED) is 0.688. The zero-order valence-electron chi connectivity index (χ0n) is 10.6. The summed E-state index contributed by atoms with van der Waals surface area (Å²) >= 11 is 0. The second-order valence-electron chi connectivity index (χ2n) is 6.18. The molecule has 0 amide bonds. The number of ether oxygens (including phenoxy) is 1. The summed E-state index contributed by atoms with van der Waals surface area (Å²) in [5.41, 5.74) is 2.13. The predicted molar refractivity (Wildman–Crippen MR) is 69.7 cm³/mol. The summed E-state index contributed by atoms with van der Waals surface area (Å²) < 4.78 is 5.67. The first kappa shape index (κ1) is 10.3. The maximum atomic E-state index is 12.3. The first-order valence-corrected chi connectivity index (χ1v) is 7.11. The van der Waals surface area contributed by atoms with Gasteiger partial charge in [0.15, 0.2) is 0 Å². The normalized spacial score (nSPS) is 45.2. The van der Waals surface area contributed by atoms with Gasteiger partial charge < -0.3 is 10.1 Å². The second-order valence-corrected chi connectivity index (χ2v) is 6.18. The van der Waals surface area contributed by atoms with Crippen LogP contribution >= 0.6 is 0 Å². The van der Waals surface area contributed by atoms with Crippen LogP contribution in [0.15, 0.2) is 24.3 Å². The van der Waals surface area contributed by atoms with Crippen molar-refractivity contribution in [1.29, 1.82) is 0 Å². The van der Waals surface area contributed by atoms with Crippen LogP contribution in [0, 0.1) is 5.92 Å². The number of anilines is 1. The highest BCUT2D eigenvalue weighted by Gasteiger charge is 2.74. The van der Waals surface area contributed by atoms with E-state index >= 15 is 0 Å². The largest absolute Gasteiger partial charge is 0.458 e. The minimum Gasteiger partial charge on any atom is -0.458 e. The fourth-order valence-electron chi connectivity index (χ4n) is 5.10. The Bertz CT molecular complexity index is 602. The van der Waals surface area contributed by atoms with Crippen molar-refractivity contribution >= 4 is 11.7 Å². The number of rotatable bonds is 0. The van der Waals surface area contributed by atoms with Crippen LogP contribution in [-0.4, -0.2) is 24.3 Å². The molecule has 0 spiro atoms. The molecule has 0 radical (unpaired) electrons. The minimum atomic E-state index is -0.256. The van der Waals surface area contributed by atoms with Crippen LogP contribution in [0.4, 0.5) is 5.69 Å². The summed E-state index contributed by atoms with van der Waals surface area (Å²) in [5, 5.41) is 7.30. The molecule has 4 fully saturated rings. The Balaban J connectivity index is 1.84. The van der Waals surface area contributed by atoms with Gasteiger partial charge in [0.05, 0.1) is 11.3 Å². The summed E-state index contributed by atoms with van der Waals surface area (Å²) in [5.74, 6) is 0.0118. The van der Waals surface area contributed by atoms with Gasteiger partial charge in [-0.05, 0) is 37.4 Å². The molecule has 4 atom stereocenters. The van der Waals surface area contributed by atoms with Gasteiger partial charge >= 0.3 is 5.97 Å². The zero-order valence-corrected chi connectivity index (χ0v) is 10.6. The van der Waals surface area contributed by atoms with E-state index in [1.807, 2.05) is 0 Å². The molecule has 0 aromatic heterocycles. The SMILES string of the molecule is O=C1OC2CCC1C13CCNC21Nc1ccccc13. The Hall–Kier alpha value is -1.55. The second kappa shape index (κ2) is 2.96. The first-order valence-electron chi connectivity index (χ1n) is 7.11. The van der Waals surface area contributed by atoms with Gasteiger partial charge in [-0.25, -0.2) is 0 Å². The average molecular weight is 256 g/mol. The van der Waals surface area contributed by atoms with E-state index in [-0.39, 0.29) is 29.1 Å². The molecule has 4 unspecified atom stereocenters. The third-order valence-electron chi connectivity index (χ3n) is 5.70. The first-order chi connectivity index (χ1) is 9.28. The lowest BCUT2D eigenvalue weighted by molar-refractivity contribution is -0.188. The van der Waals surface area contributed by atoms with Gasteiger partial charge in [-0.3, -0.25) is 10.1 Å². The van der Waals surface area contributed by atoms with E-state index in [4.69, 9.17) is 4.74 Å². The zero-order chi connectivity index (χ0) is 12.7. The van der Waals surface area contributed by atoms with Gasteiger partial charge in [0.1, 0.15) is 11.8 Å². The number of carbonyl (C=O) groups excluding carboxylic acids is 1. The molecule has 2 bridgehead atoms. The summed E-state index contributed by atoms with van der Waals surface area (Å²) in [6.07, 6.45) is 2.91. The van der Waals surface area contributed by atoms with E-state index in [0.717, 1.165) is 25.8 Å². The standard InChI is InChI=1S/C15H16N2O2/c18-13-10-5-6-12(19-13)15-14(10,7-8-16-15)9-3-1-2-4-11(9)17-15/h1-4,10,12,16-17H,5-8H2. The van der Waals surface area contributed by atoms with Gasteiger partial charge in [-0.1, -0.05) is 18.2 Å². The van der Waals surface area contributed by atoms with Crippen molar-refractivity contribution in [3.8, 4) is 0 Å². The van der Waals surface area contributed by atoms with Crippen LogP contribution in [-0.2, 0) is 14.9 Å². The fraction of sp³-hybridized carbons (Fsp3) is 0.533. The lowest BCUT2D eigenvalue weighted by Gasteiger charge is -2.56. The van der Waals surface area contributed by atoms with E-state index in [1.165, 1.54) is 11.3 Å². The van der Waals surface area contributed by atoms with E-state index in [0.29, 0.717) is 0 Å². The maximum Gasteiger partial charge on any atom is 0.310 e. The summed E-state index contributed by atoms with van der Waals surface area (Å²) in [6.45, 7) is 0.949. The highest BCUT2D eigenvalue weighted by molar-refractivity contribution is 5.82. The smallest absolute Gasteiger partial charge is 0.310 e. The number of nitrogens with one attached hydrogen (secondary N) is 2. The van der Waals surface area contributed by atoms with Gasteiger partial charge in [0.2, 0.25) is 0 Å². The third-order valence-corrected chi connectivity index (χ3v) is 5.70. The van der Waals surface area contributed by atoms with Gasteiger partial charge in [-0.15, -0.1) is 0 Å². The molecular weight excluding hydrogens is 240 g/mol.